The van der Waals surface area contributed by atoms with E-state index in [4.69, 9.17) is 4.52 Å². The number of fused-ring (bicyclic) bond motifs is 3. The summed E-state index contributed by atoms with van der Waals surface area (Å²) in [6.45, 7) is 4.29. The van der Waals surface area contributed by atoms with Crippen molar-refractivity contribution in [2.24, 2.45) is 0 Å². The molecule has 0 saturated carbocycles. The van der Waals surface area contributed by atoms with Gasteiger partial charge in [-0.2, -0.15) is 0 Å². The lowest BCUT2D eigenvalue weighted by molar-refractivity contribution is 0.315. The van der Waals surface area contributed by atoms with Crippen LogP contribution in [0.2, 0.25) is 0 Å². The van der Waals surface area contributed by atoms with Crippen LogP contribution in [0.1, 0.15) is 50.7 Å². The molecule has 1 aliphatic rings. The largest absolute Gasteiger partial charge is 0.329 e. The summed E-state index contributed by atoms with van der Waals surface area (Å²) < 4.78 is 45.0. The van der Waals surface area contributed by atoms with Crippen LogP contribution in [0.5, 0.6) is 0 Å². The molecule has 0 bridgehead atoms. The zero-order chi connectivity index (χ0) is 19.5. The van der Waals surface area contributed by atoms with Gasteiger partial charge in [0.2, 0.25) is 8.03 Å². The molecule has 146 valence electrons. The van der Waals surface area contributed by atoms with Crippen molar-refractivity contribution in [3.8, 4) is 11.1 Å². The number of sulfone groups is 1. The predicted molar refractivity (Wildman–Crippen MR) is 111 cm³/mol. The van der Waals surface area contributed by atoms with Gasteiger partial charge in [0.05, 0.1) is 12.4 Å². The second kappa shape index (κ2) is 8.30. The Bertz CT molecular complexity index is 891. The van der Waals surface area contributed by atoms with E-state index < -0.39 is 22.4 Å². The van der Waals surface area contributed by atoms with Crippen molar-refractivity contribution in [3.05, 3.63) is 59.7 Å². The summed E-state index contributed by atoms with van der Waals surface area (Å²) in [4.78, 5) is 0. The van der Waals surface area contributed by atoms with Crippen molar-refractivity contribution in [1.82, 2.24) is 0 Å². The minimum atomic E-state index is -3.74. The van der Waals surface area contributed by atoms with Crippen LogP contribution in [-0.2, 0) is 23.4 Å². The van der Waals surface area contributed by atoms with Gasteiger partial charge in [0.25, 0.3) is 0 Å². The number of unbranched alkanes of at least 4 members (excludes halogenated alkanes) is 2. The quantitative estimate of drug-likeness (QED) is 0.415. The molecule has 0 spiro atoms. The van der Waals surface area contributed by atoms with Gasteiger partial charge in [0, 0.05) is 0 Å². The highest BCUT2D eigenvalue weighted by Crippen LogP contribution is 2.64. The van der Waals surface area contributed by atoms with Gasteiger partial charge in [-0.25, -0.2) is 8.42 Å². The van der Waals surface area contributed by atoms with Crippen molar-refractivity contribution >= 4 is 17.9 Å². The van der Waals surface area contributed by atoms with Gasteiger partial charge >= 0.3 is 0 Å². The van der Waals surface area contributed by atoms with Crippen LogP contribution in [0.25, 0.3) is 11.1 Å². The van der Waals surface area contributed by atoms with Gasteiger partial charge in [-0.05, 0) is 35.1 Å². The molecule has 1 atom stereocenters. The Morgan fingerprint density at radius 3 is 1.93 bits per heavy atom. The molecule has 0 aliphatic heterocycles. The lowest BCUT2D eigenvalue weighted by atomic mass is 10.1. The van der Waals surface area contributed by atoms with Crippen LogP contribution < -0.4 is 0 Å². The van der Waals surface area contributed by atoms with Crippen LogP contribution in [0, 0.1) is 0 Å². The van der Waals surface area contributed by atoms with Crippen LogP contribution in [0.3, 0.4) is 0 Å². The highest BCUT2D eigenvalue weighted by atomic mass is 32.2. The molecule has 27 heavy (non-hydrogen) atoms. The first kappa shape index (κ1) is 20.3. The maximum Gasteiger partial charge on any atom is 0.221 e. The van der Waals surface area contributed by atoms with E-state index in [0.29, 0.717) is 24.2 Å². The number of hydrogen-bond donors (Lipinski definition) is 0. The summed E-state index contributed by atoms with van der Waals surface area (Å²) in [6, 6.07) is 14.8. The number of rotatable bonds is 9. The normalized spacial score (nSPS) is 15.9. The van der Waals surface area contributed by atoms with Crippen molar-refractivity contribution in [3.63, 3.8) is 0 Å². The van der Waals surface area contributed by atoms with Gasteiger partial charge < -0.3 is 4.52 Å². The van der Waals surface area contributed by atoms with Crippen LogP contribution >= 0.6 is 8.03 Å². The molecule has 6 heteroatoms. The van der Waals surface area contributed by atoms with Crippen LogP contribution in [0.15, 0.2) is 48.5 Å². The Morgan fingerprint density at radius 1 is 0.889 bits per heavy atom. The monoisotopic (exact) mass is 406 g/mol. The summed E-state index contributed by atoms with van der Waals surface area (Å²) in [5.41, 5.74) is 2.88. The maximum absolute atomic E-state index is 13.7. The molecular formula is C21H27O4PS. The van der Waals surface area contributed by atoms with Gasteiger partial charge in [-0.1, -0.05) is 75.2 Å². The Hall–Kier alpha value is -1.42. The molecule has 2 aromatic rings. The standard InChI is InChI=1S/C21H27O4PS/c1-3-5-15-25-26(22)21(27(23,24)16-6-4-2)19-13-9-7-11-17(19)18-12-8-10-14-20(18)21/h7-14,26H,3-6,15-16H2,1-2H3. The van der Waals surface area contributed by atoms with E-state index in [1.54, 1.807) is 12.1 Å². The molecule has 0 heterocycles. The number of hydrogen-bond acceptors (Lipinski definition) is 4. The smallest absolute Gasteiger partial charge is 0.221 e. The summed E-state index contributed by atoms with van der Waals surface area (Å²) in [5.74, 6) is -0.000285. The van der Waals surface area contributed by atoms with Crippen molar-refractivity contribution in [2.75, 3.05) is 12.4 Å². The Labute approximate surface area is 162 Å². The van der Waals surface area contributed by atoms with E-state index in [1.807, 2.05) is 50.2 Å². The van der Waals surface area contributed by atoms with Crippen molar-refractivity contribution in [2.45, 2.75) is 44.0 Å². The zero-order valence-corrected chi connectivity index (χ0v) is 17.7. The third-order valence-electron chi connectivity index (χ3n) is 5.15. The minimum absolute atomic E-state index is 0.000285. The topological polar surface area (TPSA) is 60.4 Å². The van der Waals surface area contributed by atoms with Crippen LogP contribution in [-0.4, -0.2) is 20.8 Å². The Balaban J connectivity index is 2.26. The fourth-order valence-electron chi connectivity index (χ4n) is 3.78. The van der Waals surface area contributed by atoms with Crippen molar-refractivity contribution < 1.29 is 17.5 Å². The third-order valence-corrected chi connectivity index (χ3v) is 10.4. The fourth-order valence-corrected chi connectivity index (χ4v) is 8.68. The fraction of sp³-hybridized carbons (Fsp3) is 0.429. The summed E-state index contributed by atoms with van der Waals surface area (Å²) in [5, 5.41) is 0. The molecule has 1 aliphatic carbocycles. The van der Waals surface area contributed by atoms with Gasteiger partial charge in [-0.15, -0.1) is 0 Å². The van der Waals surface area contributed by atoms with E-state index in [-0.39, 0.29) is 5.75 Å². The summed E-state index contributed by atoms with van der Waals surface area (Å²) >= 11 is 0. The average Bonchev–Trinajstić information content (AvgIpc) is 2.99. The maximum atomic E-state index is 13.7. The first-order valence-corrected chi connectivity index (χ1v) is 12.6. The molecule has 4 nitrogen and oxygen atoms in total. The van der Waals surface area contributed by atoms with E-state index in [2.05, 4.69) is 0 Å². The Morgan fingerprint density at radius 2 is 1.41 bits per heavy atom. The van der Waals surface area contributed by atoms with E-state index in [1.165, 1.54) is 0 Å². The molecular weight excluding hydrogens is 379 g/mol. The molecule has 0 saturated heterocycles. The van der Waals surface area contributed by atoms with E-state index >= 15 is 0 Å². The molecule has 1 unspecified atom stereocenters. The minimum Gasteiger partial charge on any atom is -0.329 e. The lowest BCUT2D eigenvalue weighted by Gasteiger charge is -2.30. The first-order chi connectivity index (χ1) is 13.0. The molecule has 0 fully saturated rings. The van der Waals surface area contributed by atoms with Crippen LogP contribution in [0.4, 0.5) is 0 Å². The van der Waals surface area contributed by atoms with E-state index in [0.717, 1.165) is 30.4 Å². The molecule has 0 aromatic heterocycles. The molecule has 0 N–H and O–H groups in total. The highest BCUT2D eigenvalue weighted by molar-refractivity contribution is 7.97. The Kier molecular flexibility index (Phi) is 6.25. The predicted octanol–water partition coefficient (Wildman–Crippen LogP) is 5.37. The van der Waals surface area contributed by atoms with Crippen molar-refractivity contribution in [1.29, 1.82) is 0 Å². The van der Waals surface area contributed by atoms with Gasteiger partial charge in [0.15, 0.2) is 14.3 Å². The van der Waals surface area contributed by atoms with E-state index in [9.17, 15) is 13.0 Å². The molecule has 0 amide bonds. The first-order valence-electron chi connectivity index (χ1n) is 9.59. The van der Waals surface area contributed by atoms with Gasteiger partial charge in [0.1, 0.15) is 0 Å². The molecule has 3 rings (SSSR count). The molecule has 2 aromatic carbocycles. The number of benzene rings is 2. The van der Waals surface area contributed by atoms with Gasteiger partial charge in [-0.3, -0.25) is 4.57 Å². The summed E-state index contributed by atoms with van der Waals surface area (Å²) in [7, 11) is -6.69. The average molecular weight is 406 g/mol. The second-order valence-corrected chi connectivity index (χ2v) is 11.2. The highest BCUT2D eigenvalue weighted by Gasteiger charge is 2.57. The SMILES string of the molecule is CCCCO[PH](=O)C1(S(=O)(=O)CCCC)c2ccccc2-c2ccccc21. The summed E-state index contributed by atoms with van der Waals surface area (Å²) in [6.07, 6.45) is 2.96. The lowest BCUT2D eigenvalue weighted by Crippen LogP contribution is -2.34. The third kappa shape index (κ3) is 3.30. The zero-order valence-electron chi connectivity index (χ0n) is 15.9. The second-order valence-electron chi connectivity index (χ2n) is 6.93. The molecule has 0 radical (unpaired) electrons.